The fourth-order valence-corrected chi connectivity index (χ4v) is 2.23. The molecule has 104 valence electrons. The number of unbranched alkanes of at least 4 members (excludes halogenated alkanes) is 1. The van der Waals surface area contributed by atoms with Crippen molar-refractivity contribution in [3.05, 3.63) is 30.5 Å². The third-order valence-corrected chi connectivity index (χ3v) is 3.71. The maximum atomic E-state index is 9.23. The molecule has 1 heterocycles. The van der Waals surface area contributed by atoms with Crippen molar-refractivity contribution in [1.29, 1.82) is 0 Å². The lowest BCUT2D eigenvalue weighted by Crippen LogP contribution is -2.25. The Hall–Kier alpha value is -1.39. The van der Waals surface area contributed by atoms with Gasteiger partial charge in [-0.1, -0.05) is 31.5 Å². The number of rotatable bonds is 7. The maximum Gasteiger partial charge on any atom is 0.0682 e. The molecule has 2 N–H and O–H groups in total. The molecular weight excluding hydrogens is 240 g/mol. The summed E-state index contributed by atoms with van der Waals surface area (Å²) in [7, 11) is 0. The van der Waals surface area contributed by atoms with Crippen LogP contribution >= 0.6 is 0 Å². The first-order valence-electron chi connectivity index (χ1n) is 6.81. The molecule has 0 bridgehead atoms. The van der Waals surface area contributed by atoms with Crippen molar-refractivity contribution >= 4 is 10.9 Å². The zero-order valence-corrected chi connectivity index (χ0v) is 11.4. The molecule has 19 heavy (non-hydrogen) atoms. The Labute approximate surface area is 113 Å². The average Bonchev–Trinajstić information content (AvgIpc) is 2.87. The van der Waals surface area contributed by atoms with Gasteiger partial charge in [-0.3, -0.25) is 4.68 Å². The van der Waals surface area contributed by atoms with E-state index >= 15 is 0 Å². The van der Waals surface area contributed by atoms with Gasteiger partial charge in [0.1, 0.15) is 0 Å². The summed E-state index contributed by atoms with van der Waals surface area (Å²) in [6.07, 6.45) is 4.70. The van der Waals surface area contributed by atoms with E-state index in [2.05, 4.69) is 17.2 Å². The maximum absolute atomic E-state index is 9.23. The zero-order valence-electron chi connectivity index (χ0n) is 11.4. The molecule has 0 radical (unpaired) electrons. The van der Waals surface area contributed by atoms with E-state index in [1.165, 1.54) is 0 Å². The lowest BCUT2D eigenvalue weighted by molar-refractivity contribution is 0.0604. The highest BCUT2D eigenvalue weighted by atomic mass is 16.3. The fraction of sp³-hybridized carbons (Fsp3) is 0.533. The minimum absolute atomic E-state index is 0.0359. The first-order chi connectivity index (χ1) is 9.18. The van der Waals surface area contributed by atoms with E-state index in [4.69, 9.17) is 0 Å². The summed E-state index contributed by atoms with van der Waals surface area (Å²) in [4.78, 5) is 0. The number of fused-ring (bicyclic) bond motifs is 1. The van der Waals surface area contributed by atoms with E-state index in [0.717, 1.165) is 36.7 Å². The van der Waals surface area contributed by atoms with Gasteiger partial charge in [-0.15, -0.1) is 0 Å². The summed E-state index contributed by atoms with van der Waals surface area (Å²) >= 11 is 0. The lowest BCUT2D eigenvalue weighted by Gasteiger charge is -2.24. The number of nitrogens with zero attached hydrogens (tertiary/aromatic N) is 2. The van der Waals surface area contributed by atoms with E-state index in [1.807, 2.05) is 29.9 Å². The van der Waals surface area contributed by atoms with E-state index in [0.29, 0.717) is 0 Å². The number of benzene rings is 1. The molecule has 0 aliphatic rings. The first kappa shape index (κ1) is 14.0. The molecule has 0 atom stereocenters. The van der Waals surface area contributed by atoms with Gasteiger partial charge in [0.2, 0.25) is 0 Å². The Balaban J connectivity index is 1.86. The Morgan fingerprint density at radius 1 is 1.16 bits per heavy atom. The number of para-hydroxylation sites is 1. The van der Waals surface area contributed by atoms with Crippen LogP contribution in [0.3, 0.4) is 0 Å². The van der Waals surface area contributed by atoms with Crippen LogP contribution in [0.1, 0.15) is 26.2 Å². The first-order valence-corrected chi connectivity index (χ1v) is 6.81. The number of hydrogen-bond acceptors (Lipinski definition) is 3. The minimum Gasteiger partial charge on any atom is -0.396 e. The Bertz CT molecular complexity index is 518. The third kappa shape index (κ3) is 3.33. The van der Waals surface area contributed by atoms with Gasteiger partial charge in [0.15, 0.2) is 0 Å². The Morgan fingerprint density at radius 2 is 1.89 bits per heavy atom. The monoisotopic (exact) mass is 262 g/mol. The van der Waals surface area contributed by atoms with Gasteiger partial charge in [0.25, 0.3) is 0 Å². The van der Waals surface area contributed by atoms with Gasteiger partial charge in [-0.25, -0.2) is 0 Å². The van der Waals surface area contributed by atoms with Crippen molar-refractivity contribution in [2.75, 3.05) is 13.2 Å². The largest absolute Gasteiger partial charge is 0.396 e. The fourth-order valence-electron chi connectivity index (χ4n) is 2.23. The molecule has 0 aliphatic carbocycles. The van der Waals surface area contributed by atoms with Crippen molar-refractivity contribution in [2.24, 2.45) is 5.41 Å². The van der Waals surface area contributed by atoms with E-state index in [-0.39, 0.29) is 18.6 Å². The zero-order chi connectivity index (χ0) is 13.7. The predicted octanol–water partition coefficient (Wildman–Crippen LogP) is 2.20. The summed E-state index contributed by atoms with van der Waals surface area (Å²) in [5.41, 5.74) is 0.807. The second-order valence-electron chi connectivity index (χ2n) is 5.51. The van der Waals surface area contributed by atoms with E-state index < -0.39 is 0 Å². The van der Waals surface area contributed by atoms with Crippen LogP contribution in [0.15, 0.2) is 30.5 Å². The van der Waals surface area contributed by atoms with Gasteiger partial charge in [-0.05, 0) is 18.9 Å². The van der Waals surface area contributed by atoms with Crippen molar-refractivity contribution in [3.8, 4) is 0 Å². The molecule has 0 saturated heterocycles. The van der Waals surface area contributed by atoms with Crippen LogP contribution in [0, 0.1) is 5.41 Å². The van der Waals surface area contributed by atoms with Gasteiger partial charge in [-0.2, -0.15) is 5.10 Å². The van der Waals surface area contributed by atoms with Crippen molar-refractivity contribution in [1.82, 2.24) is 9.78 Å². The molecule has 0 fully saturated rings. The topological polar surface area (TPSA) is 58.3 Å². The number of aryl methyl sites for hydroxylation is 1. The Morgan fingerprint density at radius 3 is 2.63 bits per heavy atom. The number of aromatic nitrogens is 2. The van der Waals surface area contributed by atoms with Gasteiger partial charge < -0.3 is 10.2 Å². The van der Waals surface area contributed by atoms with Crippen LogP contribution in [0.4, 0.5) is 0 Å². The van der Waals surface area contributed by atoms with Crippen LogP contribution in [0.25, 0.3) is 10.9 Å². The second kappa shape index (κ2) is 6.17. The highest BCUT2D eigenvalue weighted by Gasteiger charge is 2.21. The highest BCUT2D eigenvalue weighted by Crippen LogP contribution is 2.23. The minimum atomic E-state index is -0.355. The summed E-state index contributed by atoms with van der Waals surface area (Å²) in [5.74, 6) is 0. The molecule has 1 aromatic heterocycles. The highest BCUT2D eigenvalue weighted by molar-refractivity contribution is 5.78. The van der Waals surface area contributed by atoms with E-state index in [9.17, 15) is 10.2 Å². The normalized spacial score (nSPS) is 12.2. The van der Waals surface area contributed by atoms with Crippen molar-refractivity contribution in [3.63, 3.8) is 0 Å². The summed E-state index contributed by atoms with van der Waals surface area (Å²) in [5, 5.41) is 24.0. The number of aliphatic hydroxyl groups is 2. The number of aliphatic hydroxyl groups excluding tert-OH is 2. The third-order valence-electron chi connectivity index (χ3n) is 3.71. The van der Waals surface area contributed by atoms with Crippen molar-refractivity contribution < 1.29 is 10.2 Å². The molecular formula is C15H22N2O2. The molecule has 0 amide bonds. The summed E-state index contributed by atoms with van der Waals surface area (Å²) in [6, 6.07) is 8.18. The molecule has 4 nitrogen and oxygen atoms in total. The van der Waals surface area contributed by atoms with Crippen LogP contribution in [0.2, 0.25) is 0 Å². The molecule has 2 aromatic rings. The second-order valence-corrected chi connectivity index (χ2v) is 5.51. The molecule has 0 spiro atoms. The predicted molar refractivity (Wildman–Crippen MR) is 75.9 cm³/mol. The smallest absolute Gasteiger partial charge is 0.0682 e. The van der Waals surface area contributed by atoms with Crippen LogP contribution in [-0.2, 0) is 6.54 Å². The van der Waals surface area contributed by atoms with Crippen molar-refractivity contribution in [2.45, 2.75) is 32.7 Å². The molecule has 4 heteroatoms. The molecule has 1 aromatic carbocycles. The molecule has 2 rings (SSSR count). The SMILES string of the molecule is CC(CO)(CO)CCCCn1ncc2ccccc21. The molecule has 0 saturated carbocycles. The molecule has 0 aliphatic heterocycles. The van der Waals surface area contributed by atoms with Crippen LogP contribution in [-0.4, -0.2) is 33.2 Å². The summed E-state index contributed by atoms with van der Waals surface area (Å²) < 4.78 is 2.02. The number of hydrogen-bond donors (Lipinski definition) is 2. The lowest BCUT2D eigenvalue weighted by atomic mass is 9.87. The van der Waals surface area contributed by atoms with Gasteiger partial charge >= 0.3 is 0 Å². The quantitative estimate of drug-likeness (QED) is 0.752. The van der Waals surface area contributed by atoms with E-state index in [1.54, 1.807) is 0 Å². The molecule has 0 unspecified atom stereocenters. The average molecular weight is 262 g/mol. The van der Waals surface area contributed by atoms with Crippen LogP contribution in [0.5, 0.6) is 0 Å². The van der Waals surface area contributed by atoms with Gasteiger partial charge in [0, 0.05) is 17.3 Å². The van der Waals surface area contributed by atoms with Crippen LogP contribution < -0.4 is 0 Å². The van der Waals surface area contributed by atoms with Gasteiger partial charge in [0.05, 0.1) is 24.9 Å². The Kier molecular flexibility index (Phi) is 4.56. The standard InChI is InChI=1S/C15H22N2O2/c1-15(11-18,12-19)8-4-5-9-17-14-7-3-2-6-13(14)10-16-17/h2-3,6-7,10,18-19H,4-5,8-9,11-12H2,1H3. The summed E-state index contributed by atoms with van der Waals surface area (Å²) in [6.45, 7) is 2.86.